The summed E-state index contributed by atoms with van der Waals surface area (Å²) in [6.07, 6.45) is 0.905. The minimum Gasteiger partial charge on any atom is -0.495 e. The first-order valence-electron chi connectivity index (χ1n) is 9.45. The van der Waals surface area contributed by atoms with Gasteiger partial charge in [-0.15, -0.1) is 0 Å². The summed E-state index contributed by atoms with van der Waals surface area (Å²) >= 11 is 0. The summed E-state index contributed by atoms with van der Waals surface area (Å²) in [4.78, 5) is 12.8. The number of hydrogen-bond acceptors (Lipinski definition) is 5. The minimum atomic E-state index is -3.69. The van der Waals surface area contributed by atoms with Gasteiger partial charge in [-0.05, 0) is 49.6 Å². The van der Waals surface area contributed by atoms with Crippen LogP contribution in [-0.4, -0.2) is 45.9 Å². The summed E-state index contributed by atoms with van der Waals surface area (Å²) in [6.45, 7) is 2.40. The van der Waals surface area contributed by atoms with Gasteiger partial charge < -0.3 is 14.8 Å². The molecular formula is C21H26N2O5S. The van der Waals surface area contributed by atoms with Crippen molar-refractivity contribution in [3.8, 4) is 11.5 Å². The Morgan fingerprint density at radius 3 is 2.34 bits per heavy atom. The Labute approximate surface area is 171 Å². The fourth-order valence-electron chi connectivity index (χ4n) is 3.47. The van der Waals surface area contributed by atoms with Crippen LogP contribution in [0.15, 0.2) is 47.4 Å². The van der Waals surface area contributed by atoms with Crippen molar-refractivity contribution < 1.29 is 22.7 Å². The first kappa shape index (κ1) is 21.1. The third-order valence-corrected chi connectivity index (χ3v) is 7.05. The maximum absolute atomic E-state index is 13.1. The molecule has 0 aromatic heterocycles. The number of hydrogen-bond donors (Lipinski definition) is 1. The molecule has 0 bridgehead atoms. The van der Waals surface area contributed by atoms with E-state index in [4.69, 9.17) is 9.47 Å². The number of aryl methyl sites for hydroxylation is 1. The highest BCUT2D eigenvalue weighted by Gasteiger charge is 2.34. The number of ether oxygens (including phenoxy) is 2. The van der Waals surface area contributed by atoms with Gasteiger partial charge in [0, 0.05) is 19.0 Å². The number of sulfonamides is 1. The Hall–Kier alpha value is -2.58. The van der Waals surface area contributed by atoms with E-state index in [2.05, 4.69) is 5.32 Å². The van der Waals surface area contributed by atoms with Crippen molar-refractivity contribution in [3.05, 3.63) is 48.0 Å². The van der Waals surface area contributed by atoms with E-state index in [1.165, 1.54) is 11.4 Å². The predicted molar refractivity (Wildman–Crippen MR) is 111 cm³/mol. The number of para-hydroxylation sites is 2. The quantitative estimate of drug-likeness (QED) is 0.779. The monoisotopic (exact) mass is 418 g/mol. The van der Waals surface area contributed by atoms with Gasteiger partial charge in [-0.1, -0.05) is 18.2 Å². The second kappa shape index (κ2) is 8.84. The number of anilines is 1. The maximum atomic E-state index is 13.1. The van der Waals surface area contributed by atoms with Crippen LogP contribution in [0, 0.1) is 12.8 Å². The van der Waals surface area contributed by atoms with Crippen molar-refractivity contribution in [3.63, 3.8) is 0 Å². The summed E-state index contributed by atoms with van der Waals surface area (Å²) in [5.74, 6) is 0.532. The molecule has 0 saturated carbocycles. The number of nitrogens with zero attached hydrogens (tertiary/aromatic N) is 1. The molecule has 0 radical (unpaired) electrons. The normalized spacial score (nSPS) is 15.7. The number of carbonyl (C=O) groups is 1. The number of benzene rings is 2. The van der Waals surface area contributed by atoms with Crippen molar-refractivity contribution in [1.82, 2.24) is 4.31 Å². The van der Waals surface area contributed by atoms with Crippen LogP contribution in [0.5, 0.6) is 11.5 Å². The van der Waals surface area contributed by atoms with E-state index >= 15 is 0 Å². The van der Waals surface area contributed by atoms with Gasteiger partial charge in [0.1, 0.15) is 16.4 Å². The van der Waals surface area contributed by atoms with Crippen molar-refractivity contribution in [1.29, 1.82) is 0 Å². The molecule has 1 aliphatic rings. The summed E-state index contributed by atoms with van der Waals surface area (Å²) < 4.78 is 38.1. The molecular weight excluding hydrogens is 392 g/mol. The molecule has 8 heteroatoms. The fraction of sp³-hybridized carbons (Fsp3) is 0.381. The second-order valence-corrected chi connectivity index (χ2v) is 8.93. The highest BCUT2D eigenvalue weighted by molar-refractivity contribution is 7.89. The van der Waals surface area contributed by atoms with Crippen LogP contribution in [0.1, 0.15) is 18.4 Å². The highest BCUT2D eigenvalue weighted by atomic mass is 32.2. The van der Waals surface area contributed by atoms with Crippen LogP contribution in [0.4, 0.5) is 5.69 Å². The van der Waals surface area contributed by atoms with E-state index in [-0.39, 0.29) is 29.8 Å². The largest absolute Gasteiger partial charge is 0.495 e. The number of amides is 1. The molecule has 1 aliphatic heterocycles. The highest BCUT2D eigenvalue weighted by Crippen LogP contribution is 2.31. The molecule has 1 heterocycles. The zero-order valence-corrected chi connectivity index (χ0v) is 17.7. The predicted octanol–water partition coefficient (Wildman–Crippen LogP) is 3.05. The van der Waals surface area contributed by atoms with Gasteiger partial charge in [0.25, 0.3) is 0 Å². The Morgan fingerprint density at radius 1 is 1.03 bits per heavy atom. The Morgan fingerprint density at radius 2 is 1.69 bits per heavy atom. The number of rotatable bonds is 6. The molecule has 7 nitrogen and oxygen atoms in total. The van der Waals surface area contributed by atoms with Crippen LogP contribution in [-0.2, 0) is 14.8 Å². The van der Waals surface area contributed by atoms with Gasteiger partial charge in [-0.3, -0.25) is 4.79 Å². The first-order chi connectivity index (χ1) is 13.9. The third kappa shape index (κ3) is 4.54. The molecule has 29 heavy (non-hydrogen) atoms. The smallest absolute Gasteiger partial charge is 0.246 e. The summed E-state index contributed by atoms with van der Waals surface area (Å²) in [6, 6.07) is 12.3. The molecule has 0 spiro atoms. The first-order valence-corrected chi connectivity index (χ1v) is 10.9. The summed E-state index contributed by atoms with van der Waals surface area (Å²) in [5.41, 5.74) is 1.45. The van der Waals surface area contributed by atoms with E-state index in [0.717, 1.165) is 5.56 Å². The lowest BCUT2D eigenvalue weighted by atomic mass is 9.97. The SMILES string of the molecule is COc1ccccc1NC(=O)C1CCN(S(=O)(=O)c2cc(C)ccc2OC)CC1. The summed E-state index contributed by atoms with van der Waals surface area (Å²) in [7, 11) is -0.683. The van der Waals surface area contributed by atoms with Gasteiger partial charge >= 0.3 is 0 Å². The molecule has 3 rings (SSSR count). The van der Waals surface area contributed by atoms with E-state index in [0.29, 0.717) is 30.0 Å². The molecule has 1 amide bonds. The second-order valence-electron chi connectivity index (χ2n) is 7.02. The van der Waals surface area contributed by atoms with E-state index in [9.17, 15) is 13.2 Å². The molecule has 0 atom stereocenters. The van der Waals surface area contributed by atoms with Crippen LogP contribution >= 0.6 is 0 Å². The van der Waals surface area contributed by atoms with Crippen molar-refractivity contribution in [2.24, 2.45) is 5.92 Å². The number of carbonyl (C=O) groups excluding carboxylic acids is 1. The molecule has 1 saturated heterocycles. The lowest BCUT2D eigenvalue weighted by molar-refractivity contribution is -0.120. The zero-order chi connectivity index (χ0) is 21.0. The van der Waals surface area contributed by atoms with E-state index in [1.54, 1.807) is 31.4 Å². The lowest BCUT2D eigenvalue weighted by Crippen LogP contribution is -2.41. The van der Waals surface area contributed by atoms with Gasteiger partial charge in [0.05, 0.1) is 19.9 Å². The average Bonchev–Trinajstić information content (AvgIpc) is 2.74. The minimum absolute atomic E-state index is 0.125. The fourth-order valence-corrected chi connectivity index (χ4v) is 5.18. The van der Waals surface area contributed by atoms with Crippen molar-refractivity contribution >= 4 is 21.6 Å². The van der Waals surface area contributed by atoms with Gasteiger partial charge in [-0.25, -0.2) is 8.42 Å². The number of methoxy groups -OCH3 is 2. The van der Waals surface area contributed by atoms with Crippen molar-refractivity contribution in [2.45, 2.75) is 24.7 Å². The summed E-state index contributed by atoms with van der Waals surface area (Å²) in [5, 5.41) is 2.89. The zero-order valence-electron chi connectivity index (χ0n) is 16.8. The van der Waals surface area contributed by atoms with Gasteiger partial charge in [0.15, 0.2) is 0 Å². The van der Waals surface area contributed by atoms with E-state index in [1.807, 2.05) is 25.1 Å². The van der Waals surface area contributed by atoms with Gasteiger partial charge in [0.2, 0.25) is 15.9 Å². The maximum Gasteiger partial charge on any atom is 0.246 e. The number of piperidine rings is 1. The third-order valence-electron chi connectivity index (χ3n) is 5.13. The van der Waals surface area contributed by atoms with E-state index < -0.39 is 10.0 Å². The van der Waals surface area contributed by atoms with Crippen LogP contribution < -0.4 is 14.8 Å². The lowest BCUT2D eigenvalue weighted by Gasteiger charge is -2.31. The topological polar surface area (TPSA) is 84.9 Å². The molecule has 2 aromatic rings. The molecule has 0 unspecified atom stereocenters. The van der Waals surface area contributed by atoms with Gasteiger partial charge in [-0.2, -0.15) is 4.31 Å². The number of nitrogens with one attached hydrogen (secondary N) is 1. The van der Waals surface area contributed by atoms with Crippen molar-refractivity contribution in [2.75, 3.05) is 32.6 Å². The molecule has 1 fully saturated rings. The van der Waals surface area contributed by atoms with Crippen LogP contribution in [0.3, 0.4) is 0 Å². The molecule has 0 aliphatic carbocycles. The standard InChI is InChI=1S/C21H26N2O5S/c1-15-8-9-19(28-3)20(14-15)29(25,26)23-12-10-16(11-13-23)21(24)22-17-6-4-5-7-18(17)27-2/h4-9,14,16H,10-13H2,1-3H3,(H,22,24). The molecule has 156 valence electrons. The van der Waals surface area contributed by atoms with Crippen LogP contribution in [0.25, 0.3) is 0 Å². The molecule has 2 aromatic carbocycles. The Kier molecular flexibility index (Phi) is 6.44. The average molecular weight is 419 g/mol. The Bertz CT molecular complexity index is 982. The van der Waals surface area contributed by atoms with Crippen LogP contribution in [0.2, 0.25) is 0 Å². The molecule has 1 N–H and O–H groups in total. The Balaban J connectivity index is 1.68.